The Morgan fingerprint density at radius 1 is 1.26 bits per heavy atom. The number of amides is 1. The molecule has 0 atom stereocenters. The molecule has 8 nitrogen and oxygen atoms in total. The molecule has 23 heavy (non-hydrogen) atoms. The predicted molar refractivity (Wildman–Crippen MR) is 79.0 cm³/mol. The van der Waals surface area contributed by atoms with E-state index in [0.29, 0.717) is 30.5 Å². The Morgan fingerprint density at radius 2 is 2.04 bits per heavy atom. The van der Waals surface area contributed by atoms with E-state index in [1.807, 2.05) is 30.3 Å². The quantitative estimate of drug-likeness (QED) is 0.722. The summed E-state index contributed by atoms with van der Waals surface area (Å²) in [5, 5.41) is 12.2. The van der Waals surface area contributed by atoms with Gasteiger partial charge in [-0.25, -0.2) is 0 Å². The van der Waals surface area contributed by atoms with Crippen molar-refractivity contribution in [2.75, 3.05) is 13.1 Å². The van der Waals surface area contributed by atoms with E-state index >= 15 is 0 Å². The van der Waals surface area contributed by atoms with Crippen molar-refractivity contribution in [2.24, 2.45) is 0 Å². The molecule has 8 heteroatoms. The first-order valence-electron chi connectivity index (χ1n) is 7.28. The minimum atomic E-state index is -0.139. The predicted octanol–water partition coefficient (Wildman–Crippen LogP) is 1.20. The summed E-state index contributed by atoms with van der Waals surface area (Å²) >= 11 is 0. The molecule has 0 aliphatic carbocycles. The highest BCUT2D eigenvalue weighted by Gasteiger charge is 2.36. The van der Waals surface area contributed by atoms with Crippen molar-refractivity contribution in [2.45, 2.75) is 12.8 Å². The lowest BCUT2D eigenvalue weighted by atomic mass is 10.00. The van der Waals surface area contributed by atoms with Gasteiger partial charge in [0, 0.05) is 13.1 Å². The van der Waals surface area contributed by atoms with Gasteiger partial charge in [0.1, 0.15) is 0 Å². The van der Waals surface area contributed by atoms with Crippen molar-refractivity contribution < 1.29 is 9.32 Å². The van der Waals surface area contributed by atoms with Crippen LogP contribution in [0.15, 0.2) is 41.1 Å². The second-order valence-corrected chi connectivity index (χ2v) is 5.44. The van der Waals surface area contributed by atoms with Crippen molar-refractivity contribution in [3.63, 3.8) is 0 Å². The van der Waals surface area contributed by atoms with Crippen LogP contribution in [0.3, 0.4) is 0 Å². The number of rotatable bonds is 3. The molecule has 116 valence electrons. The van der Waals surface area contributed by atoms with Gasteiger partial charge in [-0.1, -0.05) is 23.4 Å². The van der Waals surface area contributed by atoms with Crippen LogP contribution >= 0.6 is 0 Å². The molecule has 4 rings (SSSR count). The van der Waals surface area contributed by atoms with Crippen molar-refractivity contribution in [1.82, 2.24) is 30.0 Å². The van der Waals surface area contributed by atoms with Gasteiger partial charge in [-0.15, -0.1) is 5.10 Å². The van der Waals surface area contributed by atoms with Crippen LogP contribution < -0.4 is 0 Å². The van der Waals surface area contributed by atoms with E-state index < -0.39 is 0 Å². The summed E-state index contributed by atoms with van der Waals surface area (Å²) in [7, 11) is 0. The second-order valence-electron chi connectivity index (χ2n) is 5.44. The molecule has 1 aromatic carbocycles. The minimum Gasteiger partial charge on any atom is -0.339 e. The normalized spacial score (nSPS) is 14.7. The number of nitrogens with zero attached hydrogens (tertiary/aromatic N) is 6. The summed E-state index contributed by atoms with van der Waals surface area (Å²) in [6.07, 6.45) is 1.49. The monoisotopic (exact) mass is 310 g/mol. The third-order valence-corrected chi connectivity index (χ3v) is 3.76. The van der Waals surface area contributed by atoms with E-state index in [4.69, 9.17) is 4.52 Å². The Hall–Kier alpha value is -3.03. The van der Waals surface area contributed by atoms with Gasteiger partial charge >= 0.3 is 0 Å². The molecule has 1 fully saturated rings. The number of hydrogen-bond acceptors (Lipinski definition) is 6. The maximum atomic E-state index is 12.4. The highest BCUT2D eigenvalue weighted by Crippen LogP contribution is 2.26. The molecule has 1 aliphatic rings. The average Bonchev–Trinajstić information content (AvgIpc) is 3.16. The molecule has 1 amide bonds. The Kier molecular flexibility index (Phi) is 3.14. The molecule has 0 radical (unpaired) electrons. The third-order valence-electron chi connectivity index (χ3n) is 3.76. The zero-order valence-electron chi connectivity index (χ0n) is 12.5. The molecule has 3 heterocycles. The molecule has 3 aromatic rings. The lowest BCUT2D eigenvalue weighted by molar-refractivity contribution is 0.0562. The van der Waals surface area contributed by atoms with Gasteiger partial charge in [0.15, 0.2) is 11.5 Å². The van der Waals surface area contributed by atoms with Crippen molar-refractivity contribution in [3.05, 3.63) is 53.9 Å². The van der Waals surface area contributed by atoms with Crippen LogP contribution in [0, 0.1) is 6.92 Å². The molecule has 0 unspecified atom stereocenters. The van der Waals surface area contributed by atoms with Crippen LogP contribution in [0.4, 0.5) is 0 Å². The third kappa shape index (κ3) is 2.48. The average molecular weight is 310 g/mol. The molecule has 1 saturated heterocycles. The van der Waals surface area contributed by atoms with E-state index in [1.165, 1.54) is 11.0 Å². The number of likely N-dealkylation sites (tertiary alicyclic amines) is 1. The van der Waals surface area contributed by atoms with Crippen LogP contribution in [0.1, 0.15) is 28.1 Å². The maximum Gasteiger partial charge on any atom is 0.276 e. The lowest BCUT2D eigenvalue weighted by Gasteiger charge is -2.36. The summed E-state index contributed by atoms with van der Waals surface area (Å²) in [5.41, 5.74) is 1.14. The highest BCUT2D eigenvalue weighted by atomic mass is 16.5. The van der Waals surface area contributed by atoms with E-state index in [1.54, 1.807) is 11.8 Å². The summed E-state index contributed by atoms with van der Waals surface area (Å²) in [5.74, 6) is 1.15. The Labute approximate surface area is 131 Å². The summed E-state index contributed by atoms with van der Waals surface area (Å²) in [4.78, 5) is 19.7. The number of para-hydroxylation sites is 1. The Morgan fingerprint density at radius 3 is 2.74 bits per heavy atom. The number of hydrogen-bond donors (Lipinski definition) is 0. The van der Waals surface area contributed by atoms with E-state index in [2.05, 4.69) is 20.3 Å². The van der Waals surface area contributed by atoms with E-state index in [-0.39, 0.29) is 11.8 Å². The van der Waals surface area contributed by atoms with Crippen molar-refractivity contribution in [3.8, 4) is 5.69 Å². The van der Waals surface area contributed by atoms with Gasteiger partial charge in [-0.05, 0) is 19.1 Å². The topological polar surface area (TPSA) is 89.9 Å². The largest absolute Gasteiger partial charge is 0.339 e. The van der Waals surface area contributed by atoms with Crippen LogP contribution in [-0.2, 0) is 0 Å². The van der Waals surface area contributed by atoms with Crippen LogP contribution in [0.2, 0.25) is 0 Å². The Bertz CT molecular complexity index is 835. The first-order valence-corrected chi connectivity index (χ1v) is 7.28. The standard InChI is InChI=1S/C15H14N6O2/c1-10-17-14(23-19-10)11-8-20(9-11)15(22)13-7-16-21(18-13)12-5-3-2-4-6-12/h2-7,11H,8-9H2,1H3. The molecule has 0 N–H and O–H groups in total. The molecular formula is C15H14N6O2. The number of benzene rings is 1. The van der Waals surface area contributed by atoms with E-state index in [0.717, 1.165) is 5.69 Å². The zero-order chi connectivity index (χ0) is 15.8. The fourth-order valence-corrected chi connectivity index (χ4v) is 2.49. The van der Waals surface area contributed by atoms with E-state index in [9.17, 15) is 4.79 Å². The molecule has 2 aromatic heterocycles. The maximum absolute atomic E-state index is 12.4. The highest BCUT2D eigenvalue weighted by molar-refractivity contribution is 5.92. The van der Waals surface area contributed by atoms with Gasteiger partial charge in [0.2, 0.25) is 5.89 Å². The first kappa shape index (κ1) is 13.6. The molecule has 0 bridgehead atoms. The summed E-state index contributed by atoms with van der Waals surface area (Å²) in [6, 6.07) is 9.47. The van der Waals surface area contributed by atoms with Gasteiger partial charge in [0.25, 0.3) is 5.91 Å². The van der Waals surface area contributed by atoms with Crippen molar-refractivity contribution >= 4 is 5.91 Å². The number of aromatic nitrogens is 5. The molecule has 1 aliphatic heterocycles. The van der Waals surface area contributed by atoms with Gasteiger partial charge in [-0.2, -0.15) is 14.9 Å². The van der Waals surface area contributed by atoms with Gasteiger partial charge in [-0.3, -0.25) is 4.79 Å². The molecular weight excluding hydrogens is 296 g/mol. The SMILES string of the molecule is Cc1noc(C2CN(C(=O)c3cnn(-c4ccccc4)n3)C2)n1. The second kappa shape index (κ2) is 5.31. The molecule has 0 saturated carbocycles. The number of aryl methyl sites for hydroxylation is 1. The fraction of sp³-hybridized carbons (Fsp3) is 0.267. The van der Waals surface area contributed by atoms with Crippen LogP contribution in [0.25, 0.3) is 5.69 Å². The van der Waals surface area contributed by atoms with Crippen LogP contribution in [-0.4, -0.2) is 49.0 Å². The summed E-state index contributed by atoms with van der Waals surface area (Å²) < 4.78 is 5.13. The number of carbonyl (C=O) groups excluding carboxylic acids is 1. The van der Waals surface area contributed by atoms with Gasteiger partial charge < -0.3 is 9.42 Å². The first-order chi connectivity index (χ1) is 11.2. The van der Waals surface area contributed by atoms with Crippen molar-refractivity contribution in [1.29, 1.82) is 0 Å². The Balaban J connectivity index is 1.44. The van der Waals surface area contributed by atoms with Gasteiger partial charge in [0.05, 0.1) is 17.8 Å². The summed E-state index contributed by atoms with van der Waals surface area (Å²) in [6.45, 7) is 2.88. The molecule has 0 spiro atoms. The number of carbonyl (C=O) groups is 1. The van der Waals surface area contributed by atoms with Crippen LogP contribution in [0.5, 0.6) is 0 Å². The minimum absolute atomic E-state index is 0.101. The fourth-order valence-electron chi connectivity index (χ4n) is 2.49. The zero-order valence-corrected chi connectivity index (χ0v) is 12.5. The smallest absolute Gasteiger partial charge is 0.276 e. The lowest BCUT2D eigenvalue weighted by Crippen LogP contribution is -2.48.